The molecule has 16 heavy (non-hydrogen) atoms. The Bertz CT molecular complexity index is 192. The summed E-state index contributed by atoms with van der Waals surface area (Å²) in [7, 11) is 4.15. The van der Waals surface area contributed by atoms with Crippen molar-refractivity contribution >= 4 is 29.9 Å². The van der Waals surface area contributed by atoms with Crippen LogP contribution in [0.15, 0.2) is 17.6 Å². The first-order chi connectivity index (χ1) is 7.20. The molecule has 0 aliphatic rings. The highest BCUT2D eigenvalue weighted by Gasteiger charge is 1.94. The summed E-state index contributed by atoms with van der Waals surface area (Å²) in [5.74, 6) is 0.871. The summed E-state index contributed by atoms with van der Waals surface area (Å²) in [6.07, 6.45) is 2.91. The van der Waals surface area contributed by atoms with Crippen LogP contribution in [0.25, 0.3) is 0 Å². The maximum atomic E-state index is 4.44. The van der Waals surface area contributed by atoms with E-state index < -0.39 is 0 Å². The maximum absolute atomic E-state index is 4.44. The van der Waals surface area contributed by atoms with Gasteiger partial charge in [-0.1, -0.05) is 6.08 Å². The summed E-state index contributed by atoms with van der Waals surface area (Å²) in [6.45, 7) is 9.28. The second kappa shape index (κ2) is 12.8. The minimum absolute atomic E-state index is 0. The third kappa shape index (κ3) is 11.8. The number of hydrogen-bond donors (Lipinski definition) is 2. The first kappa shape index (κ1) is 18.1. The molecular formula is C11H25IN4. The molecule has 0 saturated heterocycles. The smallest absolute Gasteiger partial charge is 0.191 e. The van der Waals surface area contributed by atoms with Crippen molar-refractivity contribution in [1.82, 2.24) is 15.5 Å². The molecule has 0 fully saturated rings. The molecule has 0 spiro atoms. The lowest BCUT2D eigenvalue weighted by Gasteiger charge is -2.10. The van der Waals surface area contributed by atoms with E-state index >= 15 is 0 Å². The van der Waals surface area contributed by atoms with E-state index in [4.69, 9.17) is 0 Å². The molecule has 2 N–H and O–H groups in total. The number of nitrogens with zero attached hydrogens (tertiary/aromatic N) is 2. The van der Waals surface area contributed by atoms with Gasteiger partial charge in [-0.15, -0.1) is 30.6 Å². The van der Waals surface area contributed by atoms with E-state index in [0.717, 1.165) is 38.6 Å². The van der Waals surface area contributed by atoms with E-state index in [9.17, 15) is 0 Å². The van der Waals surface area contributed by atoms with Crippen LogP contribution in [0.3, 0.4) is 0 Å². The van der Waals surface area contributed by atoms with Crippen molar-refractivity contribution < 1.29 is 0 Å². The van der Waals surface area contributed by atoms with Crippen molar-refractivity contribution in [2.45, 2.75) is 13.3 Å². The van der Waals surface area contributed by atoms with Crippen LogP contribution in [0.2, 0.25) is 0 Å². The molecule has 0 atom stereocenters. The van der Waals surface area contributed by atoms with Gasteiger partial charge in [0.1, 0.15) is 0 Å². The van der Waals surface area contributed by atoms with Gasteiger partial charge in [0.05, 0.1) is 0 Å². The van der Waals surface area contributed by atoms with Gasteiger partial charge in [-0.05, 0) is 34.0 Å². The summed E-state index contributed by atoms with van der Waals surface area (Å²) in [5, 5.41) is 6.35. The third-order valence-corrected chi connectivity index (χ3v) is 1.79. The molecule has 0 aromatic rings. The van der Waals surface area contributed by atoms with Crippen molar-refractivity contribution in [3.05, 3.63) is 12.7 Å². The largest absolute Gasteiger partial charge is 0.357 e. The lowest BCUT2D eigenvalue weighted by Crippen LogP contribution is -2.37. The Morgan fingerprint density at radius 1 is 1.38 bits per heavy atom. The van der Waals surface area contributed by atoms with E-state index in [1.807, 2.05) is 6.08 Å². The van der Waals surface area contributed by atoms with Crippen LogP contribution in [0, 0.1) is 0 Å². The van der Waals surface area contributed by atoms with Gasteiger partial charge >= 0.3 is 0 Å². The lowest BCUT2D eigenvalue weighted by atomic mass is 10.4. The van der Waals surface area contributed by atoms with Crippen molar-refractivity contribution in [3.63, 3.8) is 0 Å². The Balaban J connectivity index is 0. The zero-order chi connectivity index (χ0) is 11.5. The summed E-state index contributed by atoms with van der Waals surface area (Å²) < 4.78 is 0. The van der Waals surface area contributed by atoms with Gasteiger partial charge in [-0.3, -0.25) is 4.99 Å². The molecule has 0 radical (unpaired) electrons. The van der Waals surface area contributed by atoms with Crippen molar-refractivity contribution in [1.29, 1.82) is 0 Å². The average Bonchev–Trinajstić information content (AvgIpc) is 2.20. The predicted molar refractivity (Wildman–Crippen MR) is 82.8 cm³/mol. The second-order valence-corrected chi connectivity index (χ2v) is 3.59. The second-order valence-electron chi connectivity index (χ2n) is 3.59. The molecule has 0 unspecified atom stereocenters. The van der Waals surface area contributed by atoms with E-state index in [-0.39, 0.29) is 24.0 Å². The van der Waals surface area contributed by atoms with Gasteiger partial charge in [0.2, 0.25) is 0 Å². The topological polar surface area (TPSA) is 39.7 Å². The molecule has 4 nitrogen and oxygen atoms in total. The summed E-state index contributed by atoms with van der Waals surface area (Å²) >= 11 is 0. The Labute approximate surface area is 117 Å². The normalized spacial score (nSPS) is 10.9. The zero-order valence-corrected chi connectivity index (χ0v) is 13.0. The Kier molecular flexibility index (Phi) is 14.4. The number of hydrogen-bond acceptors (Lipinski definition) is 2. The molecule has 0 bridgehead atoms. The third-order valence-electron chi connectivity index (χ3n) is 1.79. The molecular weight excluding hydrogens is 315 g/mol. The van der Waals surface area contributed by atoms with Gasteiger partial charge in [0, 0.05) is 19.6 Å². The molecule has 0 aromatic carbocycles. The number of halogens is 1. The quantitative estimate of drug-likeness (QED) is 0.241. The predicted octanol–water partition coefficient (Wildman–Crippen LogP) is 1.30. The first-order valence-corrected chi connectivity index (χ1v) is 5.48. The molecule has 0 aliphatic heterocycles. The van der Waals surface area contributed by atoms with Crippen LogP contribution in [0.5, 0.6) is 0 Å². The molecule has 0 rings (SSSR count). The molecule has 0 saturated carbocycles. The van der Waals surface area contributed by atoms with E-state index in [2.05, 4.69) is 48.1 Å². The molecule has 0 aromatic heterocycles. The zero-order valence-electron chi connectivity index (χ0n) is 10.6. The Hall–Kier alpha value is -0.300. The Morgan fingerprint density at radius 2 is 2.06 bits per heavy atom. The van der Waals surface area contributed by atoms with E-state index in [1.165, 1.54) is 0 Å². The fourth-order valence-corrected chi connectivity index (χ4v) is 1.09. The van der Waals surface area contributed by atoms with Crippen LogP contribution in [-0.2, 0) is 0 Å². The van der Waals surface area contributed by atoms with Crippen molar-refractivity contribution in [3.8, 4) is 0 Å². The highest BCUT2D eigenvalue weighted by atomic mass is 127. The van der Waals surface area contributed by atoms with Crippen LogP contribution < -0.4 is 10.6 Å². The number of nitrogens with one attached hydrogen (secondary N) is 2. The van der Waals surface area contributed by atoms with Crippen LogP contribution >= 0.6 is 24.0 Å². The van der Waals surface area contributed by atoms with Gasteiger partial charge in [-0.2, -0.15) is 0 Å². The fourth-order valence-electron chi connectivity index (χ4n) is 1.09. The molecule has 0 aliphatic carbocycles. The molecule has 5 heteroatoms. The van der Waals surface area contributed by atoms with Crippen LogP contribution in [-0.4, -0.2) is 51.1 Å². The summed E-state index contributed by atoms with van der Waals surface area (Å²) in [5.41, 5.74) is 0. The number of guanidine groups is 1. The molecule has 0 amide bonds. The maximum Gasteiger partial charge on any atom is 0.191 e. The Morgan fingerprint density at radius 3 is 2.56 bits per heavy atom. The average molecular weight is 340 g/mol. The van der Waals surface area contributed by atoms with E-state index in [0.29, 0.717) is 0 Å². The highest BCUT2D eigenvalue weighted by molar-refractivity contribution is 14.0. The SMILES string of the molecule is C=CCNC(=NCCCN(C)C)NCC.I. The monoisotopic (exact) mass is 340 g/mol. The number of aliphatic imine (C=N–C) groups is 1. The number of rotatable bonds is 7. The fraction of sp³-hybridized carbons (Fsp3) is 0.727. The van der Waals surface area contributed by atoms with Crippen molar-refractivity contribution in [2.75, 3.05) is 40.3 Å². The van der Waals surface area contributed by atoms with Gasteiger partial charge in [-0.25, -0.2) is 0 Å². The lowest BCUT2D eigenvalue weighted by molar-refractivity contribution is 0.403. The van der Waals surface area contributed by atoms with Crippen LogP contribution in [0.1, 0.15) is 13.3 Å². The summed E-state index contributed by atoms with van der Waals surface area (Å²) in [6, 6.07) is 0. The van der Waals surface area contributed by atoms with Crippen molar-refractivity contribution in [2.24, 2.45) is 4.99 Å². The van der Waals surface area contributed by atoms with Crippen LogP contribution in [0.4, 0.5) is 0 Å². The van der Waals surface area contributed by atoms with Gasteiger partial charge in [0.25, 0.3) is 0 Å². The first-order valence-electron chi connectivity index (χ1n) is 5.48. The minimum atomic E-state index is 0. The molecule has 96 valence electrons. The molecule has 0 heterocycles. The van der Waals surface area contributed by atoms with Gasteiger partial charge in [0.15, 0.2) is 5.96 Å². The minimum Gasteiger partial charge on any atom is -0.357 e. The summed E-state index contributed by atoms with van der Waals surface area (Å²) in [4.78, 5) is 6.61. The van der Waals surface area contributed by atoms with E-state index in [1.54, 1.807) is 0 Å². The highest BCUT2D eigenvalue weighted by Crippen LogP contribution is 1.84. The van der Waals surface area contributed by atoms with Gasteiger partial charge < -0.3 is 15.5 Å². The standard InChI is InChI=1S/C11H24N4.HI/c1-5-8-13-11(12-6-2)14-9-7-10-15(3)4;/h5H,1,6-10H2,2-4H3,(H2,12,13,14);1H.